The summed E-state index contributed by atoms with van der Waals surface area (Å²) in [5, 5.41) is 14.6. The van der Waals surface area contributed by atoms with Crippen molar-refractivity contribution in [3.8, 4) is 0 Å². The third-order valence-corrected chi connectivity index (χ3v) is 1.62. The van der Waals surface area contributed by atoms with E-state index in [4.69, 9.17) is 10.6 Å². The topological polar surface area (TPSA) is 98.1 Å². The highest BCUT2D eigenvalue weighted by molar-refractivity contribution is 5.73. The molecule has 0 aromatic heterocycles. The molecule has 60 valence electrons. The smallest absolute Gasteiger partial charge is 0.320 e. The summed E-state index contributed by atoms with van der Waals surface area (Å²) < 4.78 is 0. The van der Waals surface area contributed by atoms with Crippen LogP contribution in [0.5, 0.6) is 0 Å². The largest absolute Gasteiger partial charge is 0.480 e. The van der Waals surface area contributed by atoms with Gasteiger partial charge in [-0.2, -0.15) is 0 Å². The van der Waals surface area contributed by atoms with E-state index in [1.807, 2.05) is 0 Å². The molecule has 0 amide bonds. The second kappa shape index (κ2) is 3.23. The molecule has 0 aromatic rings. The zero-order chi connectivity index (χ0) is 8.27. The minimum atomic E-state index is -0.888. The van der Waals surface area contributed by atoms with Crippen LogP contribution in [0.3, 0.4) is 0 Å². The van der Waals surface area contributed by atoms with Gasteiger partial charge in [0.05, 0.1) is 6.04 Å². The van der Waals surface area contributed by atoms with Gasteiger partial charge in [-0.3, -0.25) is 4.79 Å². The highest BCUT2D eigenvalue weighted by atomic mass is 16.4. The number of hydrogen-bond acceptors (Lipinski definition) is 3. The number of nitrogens with one attached hydrogen (secondary N) is 1. The standard InChI is InChI=1S/C5H8N4O2/c6-9-8-3-1-4(5(10)11)7-2-3/h3-4,7H,1-2H2,(H,10,11)/t3?,4-/m0/s1. The van der Waals surface area contributed by atoms with Crippen molar-refractivity contribution in [2.24, 2.45) is 5.11 Å². The van der Waals surface area contributed by atoms with Gasteiger partial charge in [-0.15, -0.1) is 0 Å². The fraction of sp³-hybridized carbons (Fsp3) is 0.800. The van der Waals surface area contributed by atoms with Crippen LogP contribution in [0.25, 0.3) is 10.4 Å². The van der Waals surface area contributed by atoms with Gasteiger partial charge in [-0.05, 0) is 12.0 Å². The molecule has 1 rings (SSSR count). The van der Waals surface area contributed by atoms with Crippen LogP contribution < -0.4 is 5.32 Å². The SMILES string of the molecule is [N-]=[N+]=NC1CN[C@H](C(=O)O)C1. The fourth-order valence-corrected chi connectivity index (χ4v) is 1.07. The van der Waals surface area contributed by atoms with E-state index in [2.05, 4.69) is 15.3 Å². The van der Waals surface area contributed by atoms with Crippen LogP contribution >= 0.6 is 0 Å². The van der Waals surface area contributed by atoms with Crippen molar-refractivity contribution in [3.05, 3.63) is 10.4 Å². The molecular formula is C5H8N4O2. The monoisotopic (exact) mass is 156 g/mol. The Morgan fingerprint density at radius 1 is 1.82 bits per heavy atom. The average Bonchev–Trinajstić information content (AvgIpc) is 2.37. The summed E-state index contributed by atoms with van der Waals surface area (Å²) in [7, 11) is 0. The van der Waals surface area contributed by atoms with Crippen molar-refractivity contribution in [1.29, 1.82) is 0 Å². The molecule has 0 aromatic carbocycles. The third kappa shape index (κ3) is 1.83. The average molecular weight is 156 g/mol. The lowest BCUT2D eigenvalue weighted by Gasteiger charge is -2.00. The van der Waals surface area contributed by atoms with E-state index in [0.717, 1.165) is 0 Å². The van der Waals surface area contributed by atoms with E-state index in [0.29, 0.717) is 13.0 Å². The number of rotatable bonds is 2. The van der Waals surface area contributed by atoms with Crippen molar-refractivity contribution in [3.63, 3.8) is 0 Å². The summed E-state index contributed by atoms with van der Waals surface area (Å²) in [5.41, 5.74) is 8.03. The first-order chi connectivity index (χ1) is 5.24. The molecule has 1 aliphatic heterocycles. The number of carboxylic acid groups (broad SMARTS) is 1. The Hall–Kier alpha value is -1.26. The number of carbonyl (C=O) groups is 1. The molecule has 1 aliphatic rings. The number of azide groups is 1. The summed E-state index contributed by atoms with van der Waals surface area (Å²) in [6.45, 7) is 0.459. The Bertz CT molecular complexity index is 203. The highest BCUT2D eigenvalue weighted by Gasteiger charge is 2.27. The third-order valence-electron chi connectivity index (χ3n) is 1.62. The minimum Gasteiger partial charge on any atom is -0.480 e. The van der Waals surface area contributed by atoms with Crippen molar-refractivity contribution in [2.45, 2.75) is 18.5 Å². The molecule has 1 saturated heterocycles. The van der Waals surface area contributed by atoms with E-state index in [-0.39, 0.29) is 6.04 Å². The van der Waals surface area contributed by atoms with Crippen molar-refractivity contribution >= 4 is 5.97 Å². The van der Waals surface area contributed by atoms with Crippen LogP contribution in [0, 0.1) is 0 Å². The number of hydrogen-bond donors (Lipinski definition) is 2. The van der Waals surface area contributed by atoms with Crippen LogP contribution in [0.4, 0.5) is 0 Å². The van der Waals surface area contributed by atoms with Gasteiger partial charge in [0.25, 0.3) is 0 Å². The summed E-state index contributed by atoms with van der Waals surface area (Å²) >= 11 is 0. The Morgan fingerprint density at radius 3 is 3.00 bits per heavy atom. The van der Waals surface area contributed by atoms with E-state index in [1.165, 1.54) is 0 Å². The van der Waals surface area contributed by atoms with Gasteiger partial charge in [0.1, 0.15) is 6.04 Å². The first-order valence-electron chi connectivity index (χ1n) is 3.24. The van der Waals surface area contributed by atoms with E-state index < -0.39 is 12.0 Å². The first kappa shape index (κ1) is 7.84. The lowest BCUT2D eigenvalue weighted by Crippen LogP contribution is -2.29. The van der Waals surface area contributed by atoms with Gasteiger partial charge >= 0.3 is 5.97 Å². The molecule has 11 heavy (non-hydrogen) atoms. The molecule has 0 saturated carbocycles. The minimum absolute atomic E-state index is 0.207. The quantitative estimate of drug-likeness (QED) is 0.337. The van der Waals surface area contributed by atoms with E-state index in [1.54, 1.807) is 0 Å². The lowest BCUT2D eigenvalue weighted by molar-refractivity contribution is -0.139. The molecule has 0 radical (unpaired) electrons. The van der Waals surface area contributed by atoms with Gasteiger partial charge < -0.3 is 10.4 Å². The van der Waals surface area contributed by atoms with E-state index >= 15 is 0 Å². The first-order valence-corrected chi connectivity index (χ1v) is 3.24. The molecule has 6 nitrogen and oxygen atoms in total. The molecule has 0 bridgehead atoms. The number of nitrogens with zero attached hydrogens (tertiary/aromatic N) is 3. The molecule has 0 aliphatic carbocycles. The summed E-state index contributed by atoms with van der Waals surface area (Å²) in [6.07, 6.45) is 0.388. The fourth-order valence-electron chi connectivity index (χ4n) is 1.07. The van der Waals surface area contributed by atoms with Crippen LogP contribution in [-0.4, -0.2) is 29.7 Å². The number of aliphatic carboxylic acids is 1. The zero-order valence-electron chi connectivity index (χ0n) is 5.77. The molecule has 2 N–H and O–H groups in total. The predicted molar refractivity (Wildman–Crippen MR) is 37.0 cm³/mol. The molecule has 1 heterocycles. The maximum Gasteiger partial charge on any atom is 0.320 e. The zero-order valence-corrected chi connectivity index (χ0v) is 5.77. The van der Waals surface area contributed by atoms with Crippen LogP contribution in [0.1, 0.15) is 6.42 Å². The van der Waals surface area contributed by atoms with Crippen molar-refractivity contribution in [1.82, 2.24) is 5.32 Å². The predicted octanol–water partition coefficient (Wildman–Crippen LogP) is 0.112. The second-order valence-electron chi connectivity index (χ2n) is 2.39. The second-order valence-corrected chi connectivity index (χ2v) is 2.39. The molecule has 0 spiro atoms. The summed E-state index contributed by atoms with van der Waals surface area (Å²) in [6, 6.07) is -0.758. The molecule has 2 atom stereocenters. The number of carboxylic acids is 1. The Balaban J connectivity index is 2.46. The molecule has 1 fully saturated rings. The highest BCUT2D eigenvalue weighted by Crippen LogP contribution is 2.09. The Morgan fingerprint density at radius 2 is 2.55 bits per heavy atom. The lowest BCUT2D eigenvalue weighted by atomic mass is 10.2. The Kier molecular flexibility index (Phi) is 2.30. The molecule has 6 heteroatoms. The van der Waals surface area contributed by atoms with Gasteiger partial charge in [0.2, 0.25) is 0 Å². The van der Waals surface area contributed by atoms with Crippen molar-refractivity contribution < 1.29 is 9.90 Å². The van der Waals surface area contributed by atoms with Gasteiger partial charge in [-0.25, -0.2) is 0 Å². The molecular weight excluding hydrogens is 148 g/mol. The maximum atomic E-state index is 10.4. The summed E-state index contributed by atoms with van der Waals surface area (Å²) in [5.74, 6) is -0.888. The van der Waals surface area contributed by atoms with Gasteiger partial charge in [-0.1, -0.05) is 5.11 Å². The van der Waals surface area contributed by atoms with Gasteiger partial charge in [0, 0.05) is 11.5 Å². The van der Waals surface area contributed by atoms with Crippen LogP contribution in [0.2, 0.25) is 0 Å². The van der Waals surface area contributed by atoms with Crippen LogP contribution in [-0.2, 0) is 4.79 Å². The van der Waals surface area contributed by atoms with Gasteiger partial charge in [0.15, 0.2) is 0 Å². The normalized spacial score (nSPS) is 29.5. The molecule has 1 unspecified atom stereocenters. The maximum absolute atomic E-state index is 10.4. The summed E-state index contributed by atoms with van der Waals surface area (Å²) in [4.78, 5) is 13.0. The van der Waals surface area contributed by atoms with Crippen LogP contribution in [0.15, 0.2) is 5.11 Å². The van der Waals surface area contributed by atoms with E-state index in [9.17, 15) is 4.79 Å². The van der Waals surface area contributed by atoms with Crippen molar-refractivity contribution in [2.75, 3.05) is 6.54 Å². The Labute approximate surface area is 62.8 Å².